The van der Waals surface area contributed by atoms with Crippen LogP contribution < -0.4 is 10.1 Å². The van der Waals surface area contributed by atoms with E-state index in [1.807, 2.05) is 12.1 Å². The maximum Gasteiger partial charge on any atom is 0.140 e. The lowest BCUT2D eigenvalue weighted by Gasteiger charge is -2.12. The van der Waals surface area contributed by atoms with Crippen molar-refractivity contribution in [1.29, 1.82) is 0 Å². The van der Waals surface area contributed by atoms with E-state index in [1.54, 1.807) is 11.3 Å². The van der Waals surface area contributed by atoms with E-state index in [0.29, 0.717) is 18.6 Å². The summed E-state index contributed by atoms with van der Waals surface area (Å²) in [6, 6.07) is 8.70. The van der Waals surface area contributed by atoms with Crippen molar-refractivity contribution in [2.45, 2.75) is 52.8 Å². The molecule has 0 spiro atoms. The van der Waals surface area contributed by atoms with E-state index < -0.39 is 0 Å². The van der Waals surface area contributed by atoms with E-state index >= 15 is 0 Å². The lowest BCUT2D eigenvalue weighted by atomic mass is 10.0. The first-order valence-electron chi connectivity index (χ1n) is 7.44. The topological polar surface area (TPSA) is 34.1 Å². The molecule has 0 bridgehead atoms. The van der Waals surface area contributed by atoms with Crippen molar-refractivity contribution in [3.8, 4) is 5.75 Å². The third-order valence-corrected chi connectivity index (χ3v) is 4.05. The number of nitrogens with one attached hydrogen (secondary N) is 1. The summed E-state index contributed by atoms with van der Waals surface area (Å²) in [4.78, 5) is 4.60. The number of rotatable bonds is 7. The largest absolute Gasteiger partial charge is 0.486 e. The number of nitrogens with zero attached hydrogens (tertiary/aromatic N) is 1. The molecule has 0 aliphatic heterocycles. The zero-order valence-corrected chi connectivity index (χ0v) is 14.0. The molecule has 0 saturated carbocycles. The van der Waals surface area contributed by atoms with Crippen molar-refractivity contribution in [2.75, 3.05) is 0 Å². The maximum absolute atomic E-state index is 5.95. The van der Waals surface area contributed by atoms with Crippen LogP contribution in [0.25, 0.3) is 0 Å². The smallest absolute Gasteiger partial charge is 0.140 e. The molecule has 0 atom stereocenters. The molecule has 114 valence electrons. The Morgan fingerprint density at radius 1 is 1.19 bits per heavy atom. The Morgan fingerprint density at radius 2 is 1.95 bits per heavy atom. The SMILES string of the molecule is CC(C)NCc1csc(COc2ccccc2C(C)C)n1. The van der Waals surface area contributed by atoms with Gasteiger partial charge in [-0.2, -0.15) is 0 Å². The summed E-state index contributed by atoms with van der Waals surface area (Å²) in [6.45, 7) is 9.99. The van der Waals surface area contributed by atoms with Crippen LogP contribution in [-0.4, -0.2) is 11.0 Å². The molecule has 1 N–H and O–H groups in total. The highest BCUT2D eigenvalue weighted by atomic mass is 32.1. The zero-order chi connectivity index (χ0) is 15.2. The molecule has 3 nitrogen and oxygen atoms in total. The number of benzene rings is 1. The van der Waals surface area contributed by atoms with Gasteiger partial charge in [0, 0.05) is 18.0 Å². The molecule has 0 unspecified atom stereocenters. The van der Waals surface area contributed by atoms with Crippen LogP contribution in [-0.2, 0) is 13.2 Å². The van der Waals surface area contributed by atoms with E-state index in [-0.39, 0.29) is 0 Å². The second-order valence-electron chi connectivity index (χ2n) is 5.75. The molecule has 4 heteroatoms. The van der Waals surface area contributed by atoms with Crippen molar-refractivity contribution < 1.29 is 4.74 Å². The molecular formula is C17H24N2OS. The van der Waals surface area contributed by atoms with Crippen LogP contribution in [0.3, 0.4) is 0 Å². The Morgan fingerprint density at radius 3 is 2.67 bits per heavy atom. The highest BCUT2D eigenvalue weighted by Gasteiger charge is 2.08. The van der Waals surface area contributed by atoms with Gasteiger partial charge in [0.25, 0.3) is 0 Å². The van der Waals surface area contributed by atoms with Gasteiger partial charge in [0.1, 0.15) is 17.4 Å². The van der Waals surface area contributed by atoms with Crippen LogP contribution in [0.15, 0.2) is 29.6 Å². The quantitative estimate of drug-likeness (QED) is 0.826. The van der Waals surface area contributed by atoms with Crippen LogP contribution >= 0.6 is 11.3 Å². The average molecular weight is 304 g/mol. The third-order valence-electron chi connectivity index (χ3n) is 3.18. The minimum atomic E-state index is 0.461. The zero-order valence-electron chi connectivity index (χ0n) is 13.2. The van der Waals surface area contributed by atoms with Crippen molar-refractivity contribution in [3.63, 3.8) is 0 Å². The van der Waals surface area contributed by atoms with E-state index in [0.717, 1.165) is 23.0 Å². The summed E-state index contributed by atoms with van der Waals surface area (Å²) in [5.74, 6) is 1.42. The van der Waals surface area contributed by atoms with Gasteiger partial charge >= 0.3 is 0 Å². The number of aromatic nitrogens is 1. The Bertz CT molecular complexity index is 563. The van der Waals surface area contributed by atoms with Gasteiger partial charge in [-0.1, -0.05) is 45.9 Å². The Hall–Kier alpha value is -1.39. The van der Waals surface area contributed by atoms with E-state index in [1.165, 1.54) is 5.56 Å². The van der Waals surface area contributed by atoms with Gasteiger partial charge in [0.15, 0.2) is 0 Å². The van der Waals surface area contributed by atoms with Crippen LogP contribution in [0.5, 0.6) is 5.75 Å². The maximum atomic E-state index is 5.95. The van der Waals surface area contributed by atoms with Crippen molar-refractivity contribution in [2.24, 2.45) is 0 Å². The van der Waals surface area contributed by atoms with E-state index in [9.17, 15) is 0 Å². The number of thiazole rings is 1. The molecular weight excluding hydrogens is 280 g/mol. The highest BCUT2D eigenvalue weighted by molar-refractivity contribution is 7.09. The molecule has 1 heterocycles. The summed E-state index contributed by atoms with van der Waals surface area (Å²) in [6.07, 6.45) is 0. The van der Waals surface area contributed by atoms with Gasteiger partial charge < -0.3 is 10.1 Å². The lowest BCUT2D eigenvalue weighted by Crippen LogP contribution is -2.21. The van der Waals surface area contributed by atoms with Gasteiger partial charge in [0.2, 0.25) is 0 Å². The predicted molar refractivity (Wildman–Crippen MR) is 89.0 cm³/mol. The Kier molecular flexibility index (Phi) is 5.76. The monoisotopic (exact) mass is 304 g/mol. The van der Waals surface area contributed by atoms with Crippen molar-refractivity contribution in [1.82, 2.24) is 10.3 Å². The fourth-order valence-corrected chi connectivity index (χ4v) is 2.74. The van der Waals surface area contributed by atoms with Crippen LogP contribution in [0.4, 0.5) is 0 Å². The Balaban J connectivity index is 1.94. The molecule has 2 aromatic rings. The van der Waals surface area contributed by atoms with Crippen LogP contribution in [0.2, 0.25) is 0 Å². The summed E-state index contributed by atoms with van der Waals surface area (Å²) >= 11 is 1.66. The minimum Gasteiger partial charge on any atom is -0.486 e. The van der Waals surface area contributed by atoms with Gasteiger partial charge in [0.05, 0.1) is 5.69 Å². The fraction of sp³-hybridized carbons (Fsp3) is 0.471. The fourth-order valence-electron chi connectivity index (χ4n) is 2.03. The molecule has 21 heavy (non-hydrogen) atoms. The third kappa shape index (κ3) is 4.83. The molecule has 0 radical (unpaired) electrons. The number of para-hydroxylation sites is 1. The van der Waals surface area contributed by atoms with E-state index in [2.05, 4.69) is 55.5 Å². The summed E-state index contributed by atoms with van der Waals surface area (Å²) in [5, 5.41) is 6.50. The molecule has 1 aromatic carbocycles. The molecule has 0 aliphatic rings. The lowest BCUT2D eigenvalue weighted by molar-refractivity contribution is 0.301. The van der Waals surface area contributed by atoms with Gasteiger partial charge in [-0.3, -0.25) is 0 Å². The highest BCUT2D eigenvalue weighted by Crippen LogP contribution is 2.26. The van der Waals surface area contributed by atoms with E-state index in [4.69, 9.17) is 4.74 Å². The number of hydrogen-bond donors (Lipinski definition) is 1. The minimum absolute atomic E-state index is 0.461. The standard InChI is InChI=1S/C17H24N2OS/c1-12(2)15-7-5-6-8-16(15)20-10-17-19-14(11-21-17)9-18-13(3)4/h5-8,11-13,18H,9-10H2,1-4H3. The first-order valence-corrected chi connectivity index (χ1v) is 8.32. The molecule has 0 saturated heterocycles. The normalized spacial score (nSPS) is 11.3. The number of hydrogen-bond acceptors (Lipinski definition) is 4. The van der Waals surface area contributed by atoms with Gasteiger partial charge in [-0.25, -0.2) is 4.98 Å². The number of ether oxygens (including phenoxy) is 1. The first-order chi connectivity index (χ1) is 10.1. The molecule has 1 aromatic heterocycles. The van der Waals surface area contributed by atoms with Crippen LogP contribution in [0, 0.1) is 0 Å². The molecule has 0 fully saturated rings. The predicted octanol–water partition coefficient (Wildman–Crippen LogP) is 4.34. The van der Waals surface area contributed by atoms with Crippen molar-refractivity contribution >= 4 is 11.3 Å². The Labute approximate surface area is 131 Å². The summed E-state index contributed by atoms with van der Waals surface area (Å²) in [7, 11) is 0. The summed E-state index contributed by atoms with van der Waals surface area (Å²) < 4.78 is 5.95. The second-order valence-corrected chi connectivity index (χ2v) is 6.69. The van der Waals surface area contributed by atoms with Crippen LogP contribution in [0.1, 0.15) is 49.9 Å². The molecule has 0 amide bonds. The average Bonchev–Trinajstić information content (AvgIpc) is 2.91. The second kappa shape index (κ2) is 7.57. The molecule has 2 rings (SSSR count). The van der Waals surface area contributed by atoms with Crippen molar-refractivity contribution in [3.05, 3.63) is 45.9 Å². The van der Waals surface area contributed by atoms with Gasteiger partial charge in [-0.15, -0.1) is 11.3 Å². The van der Waals surface area contributed by atoms with Gasteiger partial charge in [-0.05, 0) is 17.5 Å². The summed E-state index contributed by atoms with van der Waals surface area (Å²) in [5.41, 5.74) is 2.33. The molecule has 0 aliphatic carbocycles. The first kappa shape index (κ1) is 16.0.